The Kier molecular flexibility index (Phi) is 5.73. The molecule has 2 saturated heterocycles. The Hall–Kier alpha value is -2.54. The van der Waals surface area contributed by atoms with Gasteiger partial charge in [0, 0.05) is 62.3 Å². The van der Waals surface area contributed by atoms with Crippen LogP contribution in [0.15, 0.2) is 53.0 Å². The van der Waals surface area contributed by atoms with Gasteiger partial charge in [0.15, 0.2) is 0 Å². The van der Waals surface area contributed by atoms with Gasteiger partial charge in [0.1, 0.15) is 5.60 Å². The molecule has 2 fully saturated rings. The van der Waals surface area contributed by atoms with Gasteiger partial charge in [0.2, 0.25) is 0 Å². The summed E-state index contributed by atoms with van der Waals surface area (Å²) in [7, 11) is 3.92. The average molecular weight is 472 g/mol. The van der Waals surface area contributed by atoms with Gasteiger partial charge in [-0.1, -0.05) is 34.1 Å². The molecule has 7 heteroatoms. The first-order chi connectivity index (χ1) is 14.3. The molecule has 30 heavy (non-hydrogen) atoms. The summed E-state index contributed by atoms with van der Waals surface area (Å²) in [5.74, 6) is 0.0314. The quantitative estimate of drug-likeness (QED) is 0.672. The number of hydrogen-bond acceptors (Lipinski definition) is 4. The van der Waals surface area contributed by atoms with E-state index in [4.69, 9.17) is 4.74 Å². The zero-order valence-corrected chi connectivity index (χ0v) is 18.9. The highest BCUT2D eigenvalue weighted by atomic mass is 79.9. The fourth-order valence-corrected chi connectivity index (χ4v) is 4.59. The number of hydrogen-bond donors (Lipinski definition) is 0. The third-order valence-electron chi connectivity index (χ3n) is 5.87. The Morgan fingerprint density at radius 2 is 1.87 bits per heavy atom. The van der Waals surface area contributed by atoms with E-state index < -0.39 is 5.60 Å². The molecule has 2 heterocycles. The van der Waals surface area contributed by atoms with Crippen LogP contribution in [0.1, 0.15) is 28.8 Å². The van der Waals surface area contributed by atoms with Crippen LogP contribution in [0.3, 0.4) is 0 Å². The van der Waals surface area contributed by atoms with Gasteiger partial charge >= 0.3 is 6.09 Å². The van der Waals surface area contributed by atoms with Gasteiger partial charge in [-0.3, -0.25) is 9.69 Å². The van der Waals surface area contributed by atoms with Gasteiger partial charge < -0.3 is 14.5 Å². The zero-order chi connectivity index (χ0) is 21.3. The van der Waals surface area contributed by atoms with Crippen LogP contribution in [0.5, 0.6) is 0 Å². The highest BCUT2D eigenvalue weighted by Gasteiger charge is 2.47. The monoisotopic (exact) mass is 471 g/mol. The van der Waals surface area contributed by atoms with E-state index in [1.807, 2.05) is 72.4 Å². The Morgan fingerprint density at radius 3 is 2.57 bits per heavy atom. The molecule has 4 rings (SSSR count). The van der Waals surface area contributed by atoms with Crippen molar-refractivity contribution in [1.82, 2.24) is 9.80 Å². The lowest BCUT2D eigenvalue weighted by Gasteiger charge is -2.37. The molecular weight excluding hydrogens is 446 g/mol. The Morgan fingerprint density at radius 1 is 1.13 bits per heavy atom. The lowest BCUT2D eigenvalue weighted by molar-refractivity contribution is 0.00313. The largest absolute Gasteiger partial charge is 0.441 e. The van der Waals surface area contributed by atoms with Crippen LogP contribution in [0, 0.1) is 0 Å². The maximum atomic E-state index is 13.0. The summed E-state index contributed by atoms with van der Waals surface area (Å²) in [6.07, 6.45) is 1.05. The predicted octanol–water partition coefficient (Wildman–Crippen LogP) is 4.14. The first-order valence-corrected chi connectivity index (χ1v) is 10.9. The van der Waals surface area contributed by atoms with Gasteiger partial charge in [-0.05, 0) is 35.9 Å². The first-order valence-electron chi connectivity index (χ1n) is 10.1. The molecule has 0 unspecified atom stereocenters. The number of halogens is 1. The minimum absolute atomic E-state index is 0.0314. The molecule has 0 N–H and O–H groups in total. The number of rotatable bonds is 4. The van der Waals surface area contributed by atoms with Crippen LogP contribution in [0.2, 0.25) is 0 Å². The summed E-state index contributed by atoms with van der Waals surface area (Å²) < 4.78 is 6.81. The minimum atomic E-state index is -0.495. The van der Waals surface area contributed by atoms with Gasteiger partial charge in [-0.25, -0.2) is 4.79 Å². The standard InChI is InChI=1S/C23H26BrN3O3/c1-25(2)20-8-4-6-18(14-20)21(28)26-11-9-23(10-12-26)16-27(22(29)30-23)15-17-5-3-7-19(24)13-17/h3-8,13-14H,9-12,15-16H2,1-2H3. The number of benzene rings is 2. The molecule has 2 amide bonds. The van der Waals surface area contributed by atoms with Crippen molar-refractivity contribution in [3.05, 3.63) is 64.1 Å². The van der Waals surface area contributed by atoms with E-state index in [9.17, 15) is 9.59 Å². The lowest BCUT2D eigenvalue weighted by atomic mass is 9.91. The van der Waals surface area contributed by atoms with Crippen molar-refractivity contribution >= 4 is 33.6 Å². The summed E-state index contributed by atoms with van der Waals surface area (Å²) in [6, 6.07) is 15.6. The first kappa shape index (κ1) is 20.7. The highest BCUT2D eigenvalue weighted by Crippen LogP contribution is 2.34. The molecular formula is C23H26BrN3O3. The molecule has 0 radical (unpaired) electrons. The van der Waals surface area contributed by atoms with Crippen LogP contribution in [-0.4, -0.2) is 61.1 Å². The van der Waals surface area contributed by atoms with E-state index in [1.165, 1.54) is 0 Å². The molecule has 0 atom stereocenters. The second-order valence-corrected chi connectivity index (χ2v) is 9.19. The van der Waals surface area contributed by atoms with Crippen LogP contribution < -0.4 is 4.90 Å². The molecule has 0 aromatic heterocycles. The van der Waals surface area contributed by atoms with Gasteiger partial charge in [0.05, 0.1) is 6.54 Å². The van der Waals surface area contributed by atoms with E-state index in [0.29, 0.717) is 44.6 Å². The average Bonchev–Trinajstić information content (AvgIpc) is 3.02. The van der Waals surface area contributed by atoms with E-state index in [2.05, 4.69) is 15.9 Å². The number of carbonyl (C=O) groups excluding carboxylic acids is 2. The fraction of sp³-hybridized carbons (Fsp3) is 0.391. The van der Waals surface area contributed by atoms with Crippen molar-refractivity contribution in [2.75, 3.05) is 38.6 Å². The van der Waals surface area contributed by atoms with Crippen molar-refractivity contribution < 1.29 is 14.3 Å². The van der Waals surface area contributed by atoms with Crippen molar-refractivity contribution in [2.24, 2.45) is 0 Å². The van der Waals surface area contributed by atoms with E-state index in [1.54, 1.807) is 4.90 Å². The molecule has 2 aromatic carbocycles. The number of piperidine rings is 1. The fourth-order valence-electron chi connectivity index (χ4n) is 4.15. The summed E-state index contributed by atoms with van der Waals surface area (Å²) in [5.41, 5.74) is 2.26. The summed E-state index contributed by atoms with van der Waals surface area (Å²) >= 11 is 3.47. The zero-order valence-electron chi connectivity index (χ0n) is 17.3. The molecule has 158 valence electrons. The molecule has 2 aromatic rings. The topological polar surface area (TPSA) is 53.1 Å². The van der Waals surface area contributed by atoms with Crippen molar-refractivity contribution in [3.8, 4) is 0 Å². The number of carbonyl (C=O) groups is 2. The Bertz CT molecular complexity index is 954. The Balaban J connectivity index is 1.38. The second-order valence-electron chi connectivity index (χ2n) is 8.27. The molecule has 0 bridgehead atoms. The molecule has 2 aliphatic rings. The van der Waals surface area contributed by atoms with Gasteiger partial charge in [-0.15, -0.1) is 0 Å². The third-order valence-corrected chi connectivity index (χ3v) is 6.37. The SMILES string of the molecule is CN(C)c1cccc(C(=O)N2CCC3(CC2)CN(Cc2cccc(Br)c2)C(=O)O3)c1. The van der Waals surface area contributed by atoms with Crippen molar-refractivity contribution in [2.45, 2.75) is 25.0 Å². The minimum Gasteiger partial charge on any atom is -0.441 e. The summed E-state index contributed by atoms with van der Waals surface area (Å²) in [5, 5.41) is 0. The smallest absolute Gasteiger partial charge is 0.410 e. The number of likely N-dealkylation sites (tertiary alicyclic amines) is 1. The Labute approximate surface area is 185 Å². The number of anilines is 1. The summed E-state index contributed by atoms with van der Waals surface area (Å²) in [4.78, 5) is 31.1. The number of nitrogens with zero attached hydrogens (tertiary/aromatic N) is 3. The molecule has 6 nitrogen and oxygen atoms in total. The maximum Gasteiger partial charge on any atom is 0.410 e. The van der Waals surface area contributed by atoms with Crippen LogP contribution in [0.25, 0.3) is 0 Å². The third kappa shape index (κ3) is 4.31. The van der Waals surface area contributed by atoms with Gasteiger partial charge in [0.25, 0.3) is 5.91 Å². The molecule has 2 aliphatic heterocycles. The highest BCUT2D eigenvalue weighted by molar-refractivity contribution is 9.10. The van der Waals surface area contributed by atoms with Crippen molar-refractivity contribution in [3.63, 3.8) is 0 Å². The van der Waals surface area contributed by atoms with Gasteiger partial charge in [-0.2, -0.15) is 0 Å². The van der Waals surface area contributed by atoms with E-state index in [-0.39, 0.29) is 12.0 Å². The van der Waals surface area contributed by atoms with E-state index >= 15 is 0 Å². The maximum absolute atomic E-state index is 13.0. The molecule has 0 saturated carbocycles. The van der Waals surface area contributed by atoms with Crippen LogP contribution >= 0.6 is 15.9 Å². The number of ether oxygens (including phenoxy) is 1. The normalized spacial score (nSPS) is 17.9. The van der Waals surface area contributed by atoms with Crippen LogP contribution in [0.4, 0.5) is 10.5 Å². The molecule has 1 spiro atoms. The second kappa shape index (κ2) is 8.30. The molecule has 0 aliphatic carbocycles. The predicted molar refractivity (Wildman–Crippen MR) is 120 cm³/mol. The van der Waals surface area contributed by atoms with E-state index in [0.717, 1.165) is 15.7 Å². The summed E-state index contributed by atoms with van der Waals surface area (Å²) in [6.45, 7) is 2.27. The van der Waals surface area contributed by atoms with Crippen LogP contribution in [-0.2, 0) is 11.3 Å². The number of amides is 2. The lowest BCUT2D eigenvalue weighted by Crippen LogP contribution is -2.48. The van der Waals surface area contributed by atoms with Crippen molar-refractivity contribution in [1.29, 1.82) is 0 Å².